The van der Waals surface area contributed by atoms with E-state index >= 15 is 0 Å². The van der Waals surface area contributed by atoms with Gasteiger partial charge in [0.05, 0.1) is 35.0 Å². The molecule has 2 aromatic heterocycles. The van der Waals surface area contributed by atoms with E-state index in [1.54, 1.807) is 13.8 Å². The fourth-order valence-electron chi connectivity index (χ4n) is 5.25. The van der Waals surface area contributed by atoms with Crippen LogP contribution in [0.15, 0.2) is 31.3 Å². The van der Waals surface area contributed by atoms with Gasteiger partial charge >= 0.3 is 7.82 Å². The first kappa shape index (κ1) is 32.2. The van der Waals surface area contributed by atoms with Gasteiger partial charge in [-0.2, -0.15) is 0 Å². The highest BCUT2D eigenvalue weighted by Gasteiger charge is 2.37. The molecule has 0 aliphatic carbocycles. The molecule has 2 heterocycles. The molecule has 40 heavy (non-hydrogen) atoms. The summed E-state index contributed by atoms with van der Waals surface area (Å²) in [6.45, 7) is 8.28. The van der Waals surface area contributed by atoms with E-state index in [2.05, 4.69) is 0 Å². The van der Waals surface area contributed by atoms with E-state index in [9.17, 15) is 33.7 Å². The molecule has 13 heteroatoms. The second-order valence-electron chi connectivity index (χ2n) is 11.4. The molecule has 0 spiro atoms. The number of aliphatic hydroxyl groups is 1. The van der Waals surface area contributed by atoms with Crippen LogP contribution in [0.1, 0.15) is 66.7 Å². The van der Waals surface area contributed by atoms with Gasteiger partial charge in [-0.3, -0.25) is 32.8 Å². The molecule has 0 saturated carbocycles. The van der Waals surface area contributed by atoms with E-state index in [0.717, 1.165) is 11.0 Å². The Morgan fingerprint density at radius 2 is 1.48 bits per heavy atom. The third kappa shape index (κ3) is 7.09. The topological polar surface area (TPSA) is 154 Å². The van der Waals surface area contributed by atoms with Crippen molar-refractivity contribution in [2.75, 3.05) is 6.61 Å². The lowest BCUT2D eigenvalue weighted by molar-refractivity contribution is -0.00580. The number of rotatable bonds is 15. The zero-order valence-corrected chi connectivity index (χ0v) is 24.6. The molecular weight excluding hydrogens is 538 g/mol. The highest BCUT2D eigenvalue weighted by Crippen LogP contribution is 2.50. The van der Waals surface area contributed by atoms with E-state index < -0.39 is 42.4 Å². The molecule has 4 unspecified atom stereocenters. The summed E-state index contributed by atoms with van der Waals surface area (Å²) < 4.78 is 25.4. The van der Waals surface area contributed by atoms with Crippen molar-refractivity contribution in [1.82, 2.24) is 9.13 Å². The molecule has 0 bridgehead atoms. The Bertz CT molecular complexity index is 1520. The number of hydrogen-bond acceptors (Lipinski definition) is 8. The van der Waals surface area contributed by atoms with Crippen molar-refractivity contribution < 1.29 is 23.6 Å². The number of benzene rings is 1. The number of phosphoric ester groups is 1. The maximum absolute atomic E-state index is 13.0. The predicted molar refractivity (Wildman–Crippen MR) is 155 cm³/mol. The third-order valence-electron chi connectivity index (χ3n) is 7.04. The van der Waals surface area contributed by atoms with Crippen molar-refractivity contribution in [3.8, 4) is 0 Å². The Morgan fingerprint density at radius 1 is 0.975 bits per heavy atom. The lowest BCUT2D eigenvalue weighted by Gasteiger charge is -2.34. The molecule has 3 rings (SSSR count). The minimum atomic E-state index is -4.79. The summed E-state index contributed by atoms with van der Waals surface area (Å²) in [4.78, 5) is 62.2. The monoisotopic (exact) mass is 576 g/mol. The molecule has 11 nitrogen and oxygen atoms in total. The van der Waals surface area contributed by atoms with Crippen LogP contribution in [0.2, 0.25) is 5.82 Å². The highest BCUT2D eigenvalue weighted by atomic mass is 31.2. The summed E-state index contributed by atoms with van der Waals surface area (Å²) in [5.41, 5.74) is -3.88. The first-order chi connectivity index (χ1) is 18.6. The molecular formula is C27H38BN2O9P. The second kappa shape index (κ2) is 12.7. The van der Waals surface area contributed by atoms with Gasteiger partial charge in [-0.1, -0.05) is 52.8 Å². The van der Waals surface area contributed by atoms with Crippen molar-refractivity contribution >= 4 is 37.2 Å². The minimum absolute atomic E-state index is 0.0291. The van der Waals surface area contributed by atoms with Gasteiger partial charge in [0.2, 0.25) is 0 Å². The first-order valence-electron chi connectivity index (χ1n) is 13.6. The Kier molecular flexibility index (Phi) is 10.2. The molecule has 0 aliphatic rings. The summed E-state index contributed by atoms with van der Waals surface area (Å²) in [5, 5.41) is 9.67. The van der Waals surface area contributed by atoms with E-state index in [-0.39, 0.29) is 58.8 Å². The largest absolute Gasteiger partial charge is 0.474 e. The number of fused-ring (bicyclic) bond motifs is 2. The maximum atomic E-state index is 13.0. The first-order valence-corrected chi connectivity index (χ1v) is 15.1. The van der Waals surface area contributed by atoms with Crippen LogP contribution in [0, 0.1) is 11.8 Å². The molecule has 2 N–H and O–H groups in total. The molecule has 0 saturated heterocycles. The van der Waals surface area contributed by atoms with Gasteiger partial charge < -0.3 is 10.00 Å². The van der Waals surface area contributed by atoms with Gasteiger partial charge in [0.15, 0.2) is 0 Å². The molecule has 218 valence electrons. The smallest absolute Gasteiger partial charge is 0.396 e. The standard InChI is InChI=1S/C27H38BN2O9P/c1-6-7-8-27(5,12-18(14-31)9-17(4)28)39-40(36,37)38-15-30-25(34)21-10-19-20(11-22(21)26(30)35)24(33)29(23(19)32)13-16(2)3/h10-11,16-18,31H,6-9,12-15H2,1-5H3,(H,36,37). The Labute approximate surface area is 233 Å². The van der Waals surface area contributed by atoms with Crippen molar-refractivity contribution in [1.29, 1.82) is 0 Å². The number of phosphoric acid groups is 1. The lowest BCUT2D eigenvalue weighted by atomic mass is 9.77. The van der Waals surface area contributed by atoms with Crippen LogP contribution in [0.5, 0.6) is 0 Å². The van der Waals surface area contributed by atoms with Crippen LogP contribution in [0.4, 0.5) is 0 Å². The van der Waals surface area contributed by atoms with Crippen molar-refractivity contribution in [3.63, 3.8) is 0 Å². The lowest BCUT2D eigenvalue weighted by Crippen LogP contribution is -2.33. The normalized spacial score (nSPS) is 16.9. The fourth-order valence-corrected chi connectivity index (χ4v) is 6.29. The Hall–Kier alpha value is -2.37. The quantitative estimate of drug-likeness (QED) is 0.205. The van der Waals surface area contributed by atoms with Crippen molar-refractivity contribution in [2.24, 2.45) is 11.8 Å². The second-order valence-corrected chi connectivity index (χ2v) is 12.8. The fraction of sp³-hybridized carbons (Fsp3) is 0.630. The number of nitrogens with zero attached hydrogens (tertiary/aromatic N) is 2. The van der Waals surface area contributed by atoms with Crippen LogP contribution >= 0.6 is 7.82 Å². The van der Waals surface area contributed by atoms with Crippen LogP contribution in [0.3, 0.4) is 0 Å². The van der Waals surface area contributed by atoms with Gasteiger partial charge in [0, 0.05) is 13.2 Å². The maximum Gasteiger partial charge on any atom is 0.474 e. The van der Waals surface area contributed by atoms with Gasteiger partial charge in [-0.25, -0.2) is 9.13 Å². The molecule has 4 atom stereocenters. The van der Waals surface area contributed by atoms with E-state index in [0.29, 0.717) is 23.8 Å². The minimum Gasteiger partial charge on any atom is -0.396 e. The molecule has 2 radical (unpaired) electrons. The molecule has 0 fully saturated rings. The van der Waals surface area contributed by atoms with E-state index in [1.165, 1.54) is 12.1 Å². The van der Waals surface area contributed by atoms with Gasteiger partial charge in [-0.15, -0.1) is 0 Å². The molecule has 1 aromatic carbocycles. The zero-order chi connectivity index (χ0) is 30.0. The van der Waals surface area contributed by atoms with Crippen LogP contribution in [0.25, 0.3) is 21.5 Å². The zero-order valence-electron chi connectivity index (χ0n) is 23.7. The summed E-state index contributed by atoms with van der Waals surface area (Å²) in [6.07, 6.45) is 2.61. The number of aromatic nitrogens is 2. The van der Waals surface area contributed by atoms with Gasteiger partial charge in [0.25, 0.3) is 22.2 Å². The van der Waals surface area contributed by atoms with E-state index in [1.807, 2.05) is 20.8 Å². The number of hydrogen-bond donors (Lipinski definition) is 2. The van der Waals surface area contributed by atoms with Gasteiger partial charge in [0.1, 0.15) is 6.73 Å². The third-order valence-corrected chi connectivity index (χ3v) is 8.15. The van der Waals surface area contributed by atoms with E-state index in [4.69, 9.17) is 16.9 Å². The summed E-state index contributed by atoms with van der Waals surface area (Å²) >= 11 is 0. The molecule has 3 aromatic rings. The number of aliphatic hydroxyl groups excluding tert-OH is 1. The summed E-state index contributed by atoms with van der Waals surface area (Å²) in [7, 11) is 1.09. The summed E-state index contributed by atoms with van der Waals surface area (Å²) in [5.74, 6) is -0.435. The van der Waals surface area contributed by atoms with Crippen LogP contribution < -0.4 is 22.2 Å². The molecule has 0 amide bonds. The van der Waals surface area contributed by atoms with Crippen LogP contribution in [-0.2, 0) is 26.9 Å². The average molecular weight is 576 g/mol. The SMILES string of the molecule is [B]C(C)CC(CO)CC(C)(CCCC)OP(=O)(O)OCn1c(=O)c2cc3c(=O)n(CC(C)C)c(=O)c3cc2c1=O. The van der Waals surface area contributed by atoms with Crippen molar-refractivity contribution in [3.05, 3.63) is 53.5 Å². The highest BCUT2D eigenvalue weighted by molar-refractivity contribution is 7.47. The van der Waals surface area contributed by atoms with Crippen LogP contribution in [-0.4, -0.2) is 39.2 Å². The number of unbranched alkanes of at least 4 members (excludes halogenated alkanes) is 1. The van der Waals surface area contributed by atoms with Crippen molar-refractivity contribution in [2.45, 2.75) is 91.4 Å². The predicted octanol–water partition coefficient (Wildman–Crippen LogP) is 2.97. The Morgan fingerprint density at radius 3 is 1.90 bits per heavy atom. The average Bonchev–Trinajstić information content (AvgIpc) is 3.23. The van der Waals surface area contributed by atoms with Gasteiger partial charge in [-0.05, 0) is 43.7 Å². The summed E-state index contributed by atoms with van der Waals surface area (Å²) in [6, 6.07) is 2.44. The Balaban J connectivity index is 1.90. The molecule has 0 aliphatic heterocycles.